The van der Waals surface area contributed by atoms with Crippen molar-refractivity contribution in [2.45, 2.75) is 31.0 Å². The molecule has 0 bridgehead atoms. The summed E-state index contributed by atoms with van der Waals surface area (Å²) in [7, 11) is 0. The van der Waals surface area contributed by atoms with E-state index in [-0.39, 0.29) is 0 Å². The summed E-state index contributed by atoms with van der Waals surface area (Å²) in [5.74, 6) is -2.63. The van der Waals surface area contributed by atoms with Gasteiger partial charge in [0.15, 0.2) is 0 Å². The van der Waals surface area contributed by atoms with Crippen LogP contribution < -0.4 is 5.32 Å². The fourth-order valence-electron chi connectivity index (χ4n) is 2.01. The zero-order valence-electron chi connectivity index (χ0n) is 10.2. The van der Waals surface area contributed by atoms with Crippen LogP contribution in [0.25, 0.3) is 0 Å². The van der Waals surface area contributed by atoms with Crippen LogP contribution in [0.15, 0.2) is 18.2 Å². The molecule has 20 heavy (non-hydrogen) atoms. The Morgan fingerprint density at radius 1 is 1.35 bits per heavy atom. The van der Waals surface area contributed by atoms with Crippen molar-refractivity contribution in [2.75, 3.05) is 0 Å². The molecular formula is C13H10F4N2O. The Balaban J connectivity index is 2.30. The SMILES string of the molecule is N#CC1(NC(=O)c2cccc(C(F)(F)F)c2F)CCC1. The van der Waals surface area contributed by atoms with E-state index in [0.717, 1.165) is 18.6 Å². The van der Waals surface area contributed by atoms with Gasteiger partial charge in [0.05, 0.1) is 17.2 Å². The van der Waals surface area contributed by atoms with Crippen LogP contribution in [0.2, 0.25) is 0 Å². The third-order valence-electron chi connectivity index (χ3n) is 3.32. The molecule has 1 aliphatic rings. The molecule has 3 nitrogen and oxygen atoms in total. The minimum absolute atomic E-state index is 0.413. The van der Waals surface area contributed by atoms with Crippen LogP contribution >= 0.6 is 0 Å². The number of alkyl halides is 3. The van der Waals surface area contributed by atoms with Crippen molar-refractivity contribution in [1.82, 2.24) is 5.32 Å². The second-order valence-corrected chi connectivity index (χ2v) is 4.67. The second kappa shape index (κ2) is 4.78. The summed E-state index contributed by atoms with van der Waals surface area (Å²) < 4.78 is 51.4. The van der Waals surface area contributed by atoms with Crippen molar-refractivity contribution < 1.29 is 22.4 Å². The monoisotopic (exact) mass is 286 g/mol. The highest BCUT2D eigenvalue weighted by Gasteiger charge is 2.40. The first-order valence-corrected chi connectivity index (χ1v) is 5.88. The van der Waals surface area contributed by atoms with Gasteiger partial charge in [-0.05, 0) is 31.4 Å². The first kappa shape index (κ1) is 14.3. The number of rotatable bonds is 2. The van der Waals surface area contributed by atoms with Gasteiger partial charge in [-0.2, -0.15) is 18.4 Å². The Labute approximate surface area is 112 Å². The summed E-state index contributed by atoms with van der Waals surface area (Å²) in [5, 5.41) is 11.3. The smallest absolute Gasteiger partial charge is 0.334 e. The zero-order valence-corrected chi connectivity index (χ0v) is 10.2. The highest BCUT2D eigenvalue weighted by Crippen LogP contribution is 2.34. The van der Waals surface area contributed by atoms with Crippen molar-refractivity contribution in [2.24, 2.45) is 0 Å². The molecule has 2 rings (SSSR count). The molecule has 0 atom stereocenters. The highest BCUT2D eigenvalue weighted by atomic mass is 19.4. The molecule has 1 N–H and O–H groups in total. The minimum Gasteiger partial charge on any atom is -0.334 e. The maximum absolute atomic E-state index is 13.8. The topological polar surface area (TPSA) is 52.9 Å². The van der Waals surface area contributed by atoms with Gasteiger partial charge in [0, 0.05) is 0 Å². The van der Waals surface area contributed by atoms with Gasteiger partial charge in [-0.25, -0.2) is 4.39 Å². The first-order valence-electron chi connectivity index (χ1n) is 5.88. The van der Waals surface area contributed by atoms with Crippen LogP contribution in [0.1, 0.15) is 35.2 Å². The summed E-state index contributed by atoms with van der Waals surface area (Å²) in [4.78, 5) is 11.8. The molecule has 1 amide bonds. The Hall–Kier alpha value is -2.10. The number of nitrogens with one attached hydrogen (secondary N) is 1. The van der Waals surface area contributed by atoms with Gasteiger partial charge in [-0.1, -0.05) is 6.07 Å². The Kier molecular flexibility index (Phi) is 3.42. The average Bonchev–Trinajstić information content (AvgIpc) is 2.32. The van der Waals surface area contributed by atoms with Gasteiger partial charge in [0.1, 0.15) is 11.4 Å². The molecule has 1 aromatic carbocycles. The number of nitrogens with zero attached hydrogens (tertiary/aromatic N) is 1. The van der Waals surface area contributed by atoms with E-state index in [1.807, 2.05) is 6.07 Å². The molecule has 106 valence electrons. The predicted molar refractivity (Wildman–Crippen MR) is 61.1 cm³/mol. The summed E-state index contributed by atoms with van der Waals surface area (Å²) in [6.07, 6.45) is -3.31. The third-order valence-corrected chi connectivity index (χ3v) is 3.32. The van der Waals surface area contributed by atoms with Gasteiger partial charge in [-0.3, -0.25) is 4.79 Å². The molecule has 7 heteroatoms. The maximum Gasteiger partial charge on any atom is 0.419 e. The van der Waals surface area contributed by atoms with E-state index < -0.39 is 34.6 Å². The van der Waals surface area contributed by atoms with Crippen molar-refractivity contribution in [3.8, 4) is 6.07 Å². The van der Waals surface area contributed by atoms with Crippen LogP contribution in [-0.2, 0) is 6.18 Å². The molecule has 0 radical (unpaired) electrons. The average molecular weight is 286 g/mol. The van der Waals surface area contributed by atoms with E-state index >= 15 is 0 Å². The minimum atomic E-state index is -4.87. The fraction of sp³-hybridized carbons (Fsp3) is 0.385. The van der Waals surface area contributed by atoms with Crippen LogP contribution in [0, 0.1) is 17.1 Å². The van der Waals surface area contributed by atoms with Gasteiger partial charge >= 0.3 is 6.18 Å². The number of carbonyl (C=O) groups excluding carboxylic acids is 1. The lowest BCUT2D eigenvalue weighted by molar-refractivity contribution is -0.140. The quantitative estimate of drug-likeness (QED) is 0.850. The van der Waals surface area contributed by atoms with Crippen LogP contribution in [-0.4, -0.2) is 11.4 Å². The van der Waals surface area contributed by atoms with E-state index in [2.05, 4.69) is 5.32 Å². The Morgan fingerprint density at radius 2 is 2.00 bits per heavy atom. The number of halogens is 4. The molecule has 0 aromatic heterocycles. The van der Waals surface area contributed by atoms with Crippen molar-refractivity contribution in [3.05, 3.63) is 35.1 Å². The van der Waals surface area contributed by atoms with Gasteiger partial charge in [-0.15, -0.1) is 0 Å². The third kappa shape index (κ3) is 2.46. The number of nitriles is 1. The second-order valence-electron chi connectivity index (χ2n) is 4.67. The van der Waals surface area contributed by atoms with Gasteiger partial charge in [0.2, 0.25) is 0 Å². The standard InChI is InChI=1S/C13H10F4N2O/c14-10-8(3-1-4-9(10)13(15,16)17)11(20)19-12(7-18)5-2-6-12/h1,3-4H,2,5-6H2,(H,19,20). The molecule has 1 aromatic rings. The largest absolute Gasteiger partial charge is 0.419 e. The maximum atomic E-state index is 13.8. The van der Waals surface area contributed by atoms with E-state index in [0.29, 0.717) is 18.9 Å². The Morgan fingerprint density at radius 3 is 2.45 bits per heavy atom. The number of carbonyl (C=O) groups is 1. The lowest BCUT2D eigenvalue weighted by atomic mass is 9.78. The van der Waals surface area contributed by atoms with Crippen LogP contribution in [0.4, 0.5) is 17.6 Å². The van der Waals surface area contributed by atoms with Crippen LogP contribution in [0.3, 0.4) is 0 Å². The molecular weight excluding hydrogens is 276 g/mol. The molecule has 0 aliphatic heterocycles. The lowest BCUT2D eigenvalue weighted by Crippen LogP contribution is -2.52. The van der Waals surface area contributed by atoms with Gasteiger partial charge < -0.3 is 5.32 Å². The van der Waals surface area contributed by atoms with E-state index in [1.54, 1.807) is 0 Å². The number of benzene rings is 1. The first-order chi connectivity index (χ1) is 9.29. The fourth-order valence-corrected chi connectivity index (χ4v) is 2.01. The molecule has 1 fully saturated rings. The predicted octanol–water partition coefficient (Wildman–Crippen LogP) is 3.02. The number of hydrogen-bond donors (Lipinski definition) is 1. The molecule has 0 saturated heterocycles. The normalized spacial score (nSPS) is 16.9. The van der Waals surface area contributed by atoms with Gasteiger partial charge in [0.25, 0.3) is 5.91 Å². The lowest BCUT2D eigenvalue weighted by Gasteiger charge is -2.35. The van der Waals surface area contributed by atoms with E-state index in [1.165, 1.54) is 0 Å². The van der Waals surface area contributed by atoms with E-state index in [9.17, 15) is 22.4 Å². The molecule has 1 aliphatic carbocycles. The molecule has 1 saturated carbocycles. The highest BCUT2D eigenvalue weighted by molar-refractivity contribution is 5.95. The summed E-state index contributed by atoms with van der Waals surface area (Å²) in [6.45, 7) is 0. The molecule has 0 heterocycles. The van der Waals surface area contributed by atoms with Crippen molar-refractivity contribution >= 4 is 5.91 Å². The molecule has 0 unspecified atom stereocenters. The number of amides is 1. The zero-order chi connectivity index (χ0) is 15.0. The summed E-state index contributed by atoms with van der Waals surface area (Å²) in [6, 6.07) is 4.39. The Bertz CT molecular complexity index is 585. The molecule has 0 spiro atoms. The summed E-state index contributed by atoms with van der Waals surface area (Å²) >= 11 is 0. The summed E-state index contributed by atoms with van der Waals surface area (Å²) in [5.41, 5.74) is -3.29. The van der Waals surface area contributed by atoms with Crippen LogP contribution in [0.5, 0.6) is 0 Å². The van der Waals surface area contributed by atoms with Crippen molar-refractivity contribution in [1.29, 1.82) is 5.26 Å². The number of hydrogen-bond acceptors (Lipinski definition) is 2. The van der Waals surface area contributed by atoms with E-state index in [4.69, 9.17) is 5.26 Å². The van der Waals surface area contributed by atoms with Crippen molar-refractivity contribution in [3.63, 3.8) is 0 Å².